The summed E-state index contributed by atoms with van der Waals surface area (Å²) >= 11 is 0. The standard InChI is InChI=1S/C21H12N2O6/c24-19-15-8-1-2-9-16(15)20(25)22(19)13-6-5-7-14(12-13)29-21(26)17-10-3-4-11-18(17)23(27)28/h1-12H. The van der Waals surface area contributed by atoms with Crippen LogP contribution in [0.1, 0.15) is 31.1 Å². The molecular weight excluding hydrogens is 376 g/mol. The first-order valence-corrected chi connectivity index (χ1v) is 8.51. The summed E-state index contributed by atoms with van der Waals surface area (Å²) < 4.78 is 5.25. The van der Waals surface area contributed by atoms with Gasteiger partial charge >= 0.3 is 5.97 Å². The zero-order valence-corrected chi connectivity index (χ0v) is 14.8. The van der Waals surface area contributed by atoms with Crippen LogP contribution in [0.2, 0.25) is 0 Å². The van der Waals surface area contributed by atoms with Crippen molar-refractivity contribution in [1.82, 2.24) is 0 Å². The molecule has 0 atom stereocenters. The number of esters is 1. The molecule has 1 heterocycles. The number of hydrogen-bond acceptors (Lipinski definition) is 6. The molecule has 0 N–H and O–H groups in total. The minimum Gasteiger partial charge on any atom is -0.423 e. The molecule has 8 nitrogen and oxygen atoms in total. The number of ether oxygens (including phenoxy) is 1. The van der Waals surface area contributed by atoms with Crippen LogP contribution in [0.15, 0.2) is 72.8 Å². The van der Waals surface area contributed by atoms with Gasteiger partial charge in [0.1, 0.15) is 11.3 Å². The van der Waals surface area contributed by atoms with E-state index in [1.165, 1.54) is 48.5 Å². The van der Waals surface area contributed by atoms with Crippen molar-refractivity contribution in [1.29, 1.82) is 0 Å². The van der Waals surface area contributed by atoms with Crippen LogP contribution < -0.4 is 9.64 Å². The van der Waals surface area contributed by atoms with E-state index in [1.54, 1.807) is 24.3 Å². The third kappa shape index (κ3) is 3.12. The Morgan fingerprint density at radius 1 is 0.862 bits per heavy atom. The molecule has 29 heavy (non-hydrogen) atoms. The lowest BCUT2D eigenvalue weighted by Gasteiger charge is -2.15. The topological polar surface area (TPSA) is 107 Å². The van der Waals surface area contributed by atoms with E-state index in [0.29, 0.717) is 11.1 Å². The summed E-state index contributed by atoms with van der Waals surface area (Å²) in [5.74, 6) is -1.83. The second-order valence-corrected chi connectivity index (χ2v) is 6.15. The third-order valence-electron chi connectivity index (χ3n) is 4.40. The van der Waals surface area contributed by atoms with Crippen molar-refractivity contribution < 1.29 is 24.0 Å². The van der Waals surface area contributed by atoms with Gasteiger partial charge in [0.2, 0.25) is 0 Å². The van der Waals surface area contributed by atoms with Crippen LogP contribution in [0, 0.1) is 10.1 Å². The molecular formula is C21H12N2O6. The zero-order chi connectivity index (χ0) is 20.5. The van der Waals surface area contributed by atoms with Gasteiger partial charge in [-0.3, -0.25) is 19.7 Å². The van der Waals surface area contributed by atoms with Gasteiger partial charge in [-0.1, -0.05) is 30.3 Å². The van der Waals surface area contributed by atoms with Crippen LogP contribution in [-0.2, 0) is 0 Å². The molecule has 0 radical (unpaired) electrons. The quantitative estimate of drug-likeness (QED) is 0.222. The monoisotopic (exact) mass is 388 g/mol. The lowest BCUT2D eigenvalue weighted by molar-refractivity contribution is -0.385. The first kappa shape index (κ1) is 18.1. The molecule has 0 unspecified atom stereocenters. The predicted molar refractivity (Wildman–Crippen MR) is 102 cm³/mol. The maximum atomic E-state index is 12.6. The third-order valence-corrected chi connectivity index (χ3v) is 4.40. The molecule has 8 heteroatoms. The average Bonchev–Trinajstić information content (AvgIpc) is 2.99. The van der Waals surface area contributed by atoms with Crippen molar-refractivity contribution in [3.8, 4) is 5.75 Å². The number of nitro benzene ring substituents is 1. The molecule has 3 aromatic carbocycles. The number of nitro groups is 1. The maximum absolute atomic E-state index is 12.6. The van der Waals surface area contributed by atoms with E-state index in [2.05, 4.69) is 0 Å². The molecule has 1 aliphatic heterocycles. The number of para-hydroxylation sites is 1. The first-order chi connectivity index (χ1) is 14.0. The van der Waals surface area contributed by atoms with E-state index in [-0.39, 0.29) is 22.7 Å². The molecule has 0 aliphatic carbocycles. The number of fused-ring (bicyclic) bond motifs is 1. The Morgan fingerprint density at radius 2 is 1.48 bits per heavy atom. The molecule has 0 saturated carbocycles. The number of amides is 2. The Hall–Kier alpha value is -4.33. The molecule has 0 fully saturated rings. The zero-order valence-electron chi connectivity index (χ0n) is 14.8. The fraction of sp³-hybridized carbons (Fsp3) is 0. The highest BCUT2D eigenvalue weighted by molar-refractivity contribution is 6.34. The average molecular weight is 388 g/mol. The van der Waals surface area contributed by atoms with E-state index in [1.807, 2.05) is 0 Å². The van der Waals surface area contributed by atoms with Crippen LogP contribution in [0.25, 0.3) is 0 Å². The molecule has 4 rings (SSSR count). The van der Waals surface area contributed by atoms with Crippen molar-refractivity contribution in [3.63, 3.8) is 0 Å². The highest BCUT2D eigenvalue weighted by Gasteiger charge is 2.36. The van der Waals surface area contributed by atoms with Gasteiger partial charge in [-0.2, -0.15) is 0 Å². The lowest BCUT2D eigenvalue weighted by Crippen LogP contribution is -2.29. The molecule has 2 amide bonds. The van der Waals surface area contributed by atoms with Crippen LogP contribution >= 0.6 is 0 Å². The van der Waals surface area contributed by atoms with Crippen LogP contribution in [-0.4, -0.2) is 22.7 Å². The Labute approximate surface area is 164 Å². The fourth-order valence-electron chi connectivity index (χ4n) is 3.08. The van der Waals surface area contributed by atoms with E-state index in [4.69, 9.17) is 4.74 Å². The van der Waals surface area contributed by atoms with Gasteiger partial charge in [0, 0.05) is 12.1 Å². The second-order valence-electron chi connectivity index (χ2n) is 6.15. The highest BCUT2D eigenvalue weighted by atomic mass is 16.6. The molecule has 0 spiro atoms. The molecule has 3 aromatic rings. The summed E-state index contributed by atoms with van der Waals surface area (Å²) in [5, 5.41) is 11.1. The van der Waals surface area contributed by atoms with Gasteiger partial charge in [-0.05, 0) is 30.3 Å². The Bertz CT molecular complexity index is 1150. The van der Waals surface area contributed by atoms with Gasteiger partial charge in [-0.15, -0.1) is 0 Å². The number of carbonyl (C=O) groups is 3. The van der Waals surface area contributed by atoms with Crippen LogP contribution in [0.4, 0.5) is 11.4 Å². The van der Waals surface area contributed by atoms with Gasteiger partial charge in [0.05, 0.1) is 21.7 Å². The van der Waals surface area contributed by atoms with Crippen molar-refractivity contribution in [3.05, 3.63) is 99.6 Å². The molecule has 0 aromatic heterocycles. The van der Waals surface area contributed by atoms with Crippen LogP contribution in [0.3, 0.4) is 0 Å². The normalized spacial score (nSPS) is 12.6. The summed E-state index contributed by atoms with van der Waals surface area (Å²) in [5.41, 5.74) is 0.223. The molecule has 142 valence electrons. The van der Waals surface area contributed by atoms with E-state index in [0.717, 1.165) is 4.90 Å². The van der Waals surface area contributed by atoms with Crippen molar-refractivity contribution >= 4 is 29.2 Å². The van der Waals surface area contributed by atoms with Crippen molar-refractivity contribution in [2.75, 3.05) is 4.90 Å². The lowest BCUT2D eigenvalue weighted by atomic mass is 10.1. The minimum atomic E-state index is -0.920. The number of hydrogen-bond donors (Lipinski definition) is 0. The number of imide groups is 1. The summed E-state index contributed by atoms with van der Waals surface area (Å²) in [7, 11) is 0. The van der Waals surface area contributed by atoms with Gasteiger partial charge in [-0.25, -0.2) is 9.69 Å². The van der Waals surface area contributed by atoms with E-state index < -0.39 is 22.7 Å². The number of anilines is 1. The van der Waals surface area contributed by atoms with E-state index in [9.17, 15) is 24.5 Å². The van der Waals surface area contributed by atoms with Gasteiger partial charge in [0.15, 0.2) is 0 Å². The molecule has 0 bridgehead atoms. The molecule has 1 aliphatic rings. The van der Waals surface area contributed by atoms with Crippen LogP contribution in [0.5, 0.6) is 5.75 Å². The summed E-state index contributed by atoms with van der Waals surface area (Å²) in [6, 6.07) is 17.7. The largest absolute Gasteiger partial charge is 0.423 e. The number of benzene rings is 3. The minimum absolute atomic E-state index is 0.0437. The fourth-order valence-corrected chi connectivity index (χ4v) is 3.08. The smallest absolute Gasteiger partial charge is 0.350 e. The van der Waals surface area contributed by atoms with Gasteiger partial charge < -0.3 is 4.74 Å². The number of carbonyl (C=O) groups excluding carboxylic acids is 3. The van der Waals surface area contributed by atoms with Gasteiger partial charge in [0.25, 0.3) is 17.5 Å². The SMILES string of the molecule is O=C(Oc1cccc(N2C(=O)c3ccccc3C2=O)c1)c1ccccc1[N+](=O)[O-]. The summed E-state index contributed by atoms with van der Waals surface area (Å²) in [6.45, 7) is 0. The maximum Gasteiger partial charge on any atom is 0.350 e. The predicted octanol–water partition coefficient (Wildman–Crippen LogP) is 3.61. The highest BCUT2D eigenvalue weighted by Crippen LogP contribution is 2.31. The Morgan fingerprint density at radius 3 is 2.14 bits per heavy atom. The molecule has 0 saturated heterocycles. The van der Waals surface area contributed by atoms with E-state index >= 15 is 0 Å². The second kappa shape index (κ2) is 7.01. The number of rotatable bonds is 4. The van der Waals surface area contributed by atoms with Crippen molar-refractivity contribution in [2.24, 2.45) is 0 Å². The Balaban J connectivity index is 1.63. The Kier molecular flexibility index (Phi) is 4.36. The number of nitrogens with zero attached hydrogens (tertiary/aromatic N) is 2. The summed E-state index contributed by atoms with van der Waals surface area (Å²) in [4.78, 5) is 49.0. The van der Waals surface area contributed by atoms with Crippen molar-refractivity contribution in [2.45, 2.75) is 0 Å². The summed E-state index contributed by atoms with van der Waals surface area (Å²) in [6.07, 6.45) is 0. The first-order valence-electron chi connectivity index (χ1n) is 8.51.